The summed E-state index contributed by atoms with van der Waals surface area (Å²) in [5.41, 5.74) is 1.37. The van der Waals surface area contributed by atoms with E-state index in [2.05, 4.69) is 15.3 Å². The number of phenols is 1. The monoisotopic (exact) mass is 341 g/mol. The first kappa shape index (κ1) is 15.0. The molecule has 0 atom stereocenters. The number of benzene rings is 2. The van der Waals surface area contributed by atoms with Crippen molar-refractivity contribution in [3.8, 4) is 11.5 Å². The smallest absolute Gasteiger partial charge is 0.145 e. The van der Waals surface area contributed by atoms with Gasteiger partial charge in [0.05, 0.1) is 22.7 Å². The number of nitrogens with one attached hydrogen (secondary N) is 1. The molecule has 2 aromatic carbocycles. The molecule has 24 heavy (non-hydrogen) atoms. The third kappa shape index (κ3) is 2.71. The standard InChI is InChI=1S/C18H16ClN3O2/c19-17-13(7-2-8-14(17)23)22-18-16-12(20-10-21-18)6-3-9-15(16)24-11-4-1-5-11/h2-3,6-11,23H,1,4-5H2,(H,20,21,22). The van der Waals surface area contributed by atoms with Gasteiger partial charge in [0, 0.05) is 0 Å². The largest absolute Gasteiger partial charge is 0.506 e. The van der Waals surface area contributed by atoms with Gasteiger partial charge in [0.25, 0.3) is 0 Å². The maximum atomic E-state index is 9.78. The zero-order chi connectivity index (χ0) is 16.5. The summed E-state index contributed by atoms with van der Waals surface area (Å²) in [7, 11) is 0. The van der Waals surface area contributed by atoms with Gasteiger partial charge in [-0.15, -0.1) is 0 Å². The van der Waals surface area contributed by atoms with Crippen LogP contribution < -0.4 is 10.1 Å². The molecule has 5 nitrogen and oxygen atoms in total. The Balaban J connectivity index is 1.78. The van der Waals surface area contributed by atoms with Gasteiger partial charge in [-0.25, -0.2) is 9.97 Å². The molecule has 1 saturated carbocycles. The molecule has 0 spiro atoms. The Morgan fingerprint density at radius 1 is 1.12 bits per heavy atom. The van der Waals surface area contributed by atoms with Crippen LogP contribution in [0.5, 0.6) is 11.5 Å². The van der Waals surface area contributed by atoms with E-state index in [1.807, 2.05) is 18.2 Å². The van der Waals surface area contributed by atoms with E-state index in [0.717, 1.165) is 29.5 Å². The number of rotatable bonds is 4. The lowest BCUT2D eigenvalue weighted by Gasteiger charge is -2.27. The van der Waals surface area contributed by atoms with E-state index in [0.29, 0.717) is 11.5 Å². The van der Waals surface area contributed by atoms with Crippen molar-refractivity contribution in [1.29, 1.82) is 0 Å². The Hall–Kier alpha value is -2.53. The number of hydrogen-bond acceptors (Lipinski definition) is 5. The van der Waals surface area contributed by atoms with Gasteiger partial charge in [-0.1, -0.05) is 23.7 Å². The van der Waals surface area contributed by atoms with Crippen molar-refractivity contribution in [1.82, 2.24) is 9.97 Å². The van der Waals surface area contributed by atoms with Crippen LogP contribution in [0.15, 0.2) is 42.7 Å². The highest BCUT2D eigenvalue weighted by Gasteiger charge is 2.21. The fourth-order valence-electron chi connectivity index (χ4n) is 2.68. The first-order chi connectivity index (χ1) is 11.7. The van der Waals surface area contributed by atoms with Crippen LogP contribution in [0.3, 0.4) is 0 Å². The molecule has 4 rings (SSSR count). The van der Waals surface area contributed by atoms with Crippen molar-refractivity contribution < 1.29 is 9.84 Å². The molecule has 122 valence electrons. The van der Waals surface area contributed by atoms with Gasteiger partial charge in [-0.3, -0.25) is 0 Å². The number of aromatic hydroxyl groups is 1. The highest BCUT2D eigenvalue weighted by molar-refractivity contribution is 6.34. The molecule has 0 bridgehead atoms. The van der Waals surface area contributed by atoms with Crippen molar-refractivity contribution >= 4 is 34.0 Å². The third-order valence-electron chi connectivity index (χ3n) is 4.20. The number of hydrogen-bond donors (Lipinski definition) is 2. The predicted octanol–water partition coefficient (Wildman–Crippen LogP) is 4.66. The Bertz CT molecular complexity index is 891. The molecule has 1 heterocycles. The van der Waals surface area contributed by atoms with E-state index in [1.54, 1.807) is 12.1 Å². The summed E-state index contributed by atoms with van der Waals surface area (Å²) in [6.07, 6.45) is 5.11. The summed E-state index contributed by atoms with van der Waals surface area (Å²) in [5, 5.41) is 14.0. The average Bonchev–Trinajstić information content (AvgIpc) is 2.55. The average molecular weight is 342 g/mol. The SMILES string of the molecule is Oc1cccc(Nc2ncnc3cccc(OC4CCC4)c23)c1Cl. The number of nitrogens with zero attached hydrogens (tertiary/aromatic N) is 2. The zero-order valence-corrected chi connectivity index (χ0v) is 13.6. The van der Waals surface area contributed by atoms with Crippen molar-refractivity contribution in [3.05, 3.63) is 47.7 Å². The molecule has 3 aromatic rings. The molecule has 1 aliphatic rings. The molecule has 2 N–H and O–H groups in total. The van der Waals surface area contributed by atoms with Crippen LogP contribution in [0.4, 0.5) is 11.5 Å². The lowest BCUT2D eigenvalue weighted by atomic mass is 9.96. The van der Waals surface area contributed by atoms with E-state index in [4.69, 9.17) is 16.3 Å². The van der Waals surface area contributed by atoms with Gasteiger partial charge in [-0.05, 0) is 43.5 Å². The van der Waals surface area contributed by atoms with Gasteiger partial charge in [0.15, 0.2) is 0 Å². The number of ether oxygens (including phenoxy) is 1. The molecule has 1 fully saturated rings. The summed E-state index contributed by atoms with van der Waals surface area (Å²) in [6, 6.07) is 10.8. The molecule has 6 heteroatoms. The summed E-state index contributed by atoms with van der Waals surface area (Å²) in [4.78, 5) is 8.66. The molecular weight excluding hydrogens is 326 g/mol. The Kier molecular flexibility index (Phi) is 3.86. The molecule has 0 radical (unpaired) electrons. The van der Waals surface area contributed by atoms with Crippen LogP contribution in [0, 0.1) is 0 Å². The highest BCUT2D eigenvalue weighted by atomic mass is 35.5. The number of fused-ring (bicyclic) bond motifs is 1. The van der Waals surface area contributed by atoms with E-state index in [-0.39, 0.29) is 16.9 Å². The highest BCUT2D eigenvalue weighted by Crippen LogP contribution is 2.37. The summed E-state index contributed by atoms with van der Waals surface area (Å²) in [5.74, 6) is 1.38. The van der Waals surface area contributed by atoms with Crippen molar-refractivity contribution in [2.75, 3.05) is 5.32 Å². The molecular formula is C18H16ClN3O2. The fraction of sp³-hybridized carbons (Fsp3) is 0.222. The summed E-state index contributed by atoms with van der Waals surface area (Å²) >= 11 is 6.16. The van der Waals surface area contributed by atoms with Crippen molar-refractivity contribution in [2.45, 2.75) is 25.4 Å². The summed E-state index contributed by atoms with van der Waals surface area (Å²) < 4.78 is 6.09. The van der Waals surface area contributed by atoms with Crippen molar-refractivity contribution in [2.24, 2.45) is 0 Å². The second-order valence-electron chi connectivity index (χ2n) is 5.81. The first-order valence-corrected chi connectivity index (χ1v) is 8.25. The number of aromatic nitrogens is 2. The Morgan fingerprint density at radius 3 is 2.75 bits per heavy atom. The molecule has 1 aliphatic carbocycles. The van der Waals surface area contributed by atoms with Crippen LogP contribution in [0.25, 0.3) is 10.9 Å². The zero-order valence-electron chi connectivity index (χ0n) is 12.9. The minimum absolute atomic E-state index is 0.0194. The van der Waals surface area contributed by atoms with Crippen LogP contribution in [-0.2, 0) is 0 Å². The number of phenolic OH excluding ortho intramolecular Hbond substituents is 1. The van der Waals surface area contributed by atoms with E-state index in [9.17, 15) is 5.11 Å². The first-order valence-electron chi connectivity index (χ1n) is 7.87. The minimum atomic E-state index is 0.0194. The lowest BCUT2D eigenvalue weighted by molar-refractivity contribution is 0.122. The molecule has 0 unspecified atom stereocenters. The van der Waals surface area contributed by atoms with Gasteiger partial charge in [0.2, 0.25) is 0 Å². The van der Waals surface area contributed by atoms with Crippen LogP contribution >= 0.6 is 11.6 Å². The molecule has 1 aromatic heterocycles. The fourth-order valence-corrected chi connectivity index (χ4v) is 2.86. The molecule has 0 saturated heterocycles. The topological polar surface area (TPSA) is 67.3 Å². The Morgan fingerprint density at radius 2 is 1.96 bits per heavy atom. The molecule has 0 aliphatic heterocycles. The normalized spacial score (nSPS) is 14.4. The van der Waals surface area contributed by atoms with Gasteiger partial charge in [-0.2, -0.15) is 0 Å². The van der Waals surface area contributed by atoms with Crippen LogP contribution in [-0.4, -0.2) is 21.2 Å². The Labute approximate surface area is 144 Å². The lowest BCUT2D eigenvalue weighted by Crippen LogP contribution is -2.24. The maximum absolute atomic E-state index is 9.78. The van der Waals surface area contributed by atoms with Gasteiger partial charge < -0.3 is 15.2 Å². The second kappa shape index (κ2) is 6.17. The van der Waals surface area contributed by atoms with E-state index in [1.165, 1.54) is 18.8 Å². The second-order valence-corrected chi connectivity index (χ2v) is 6.18. The number of halogens is 1. The van der Waals surface area contributed by atoms with E-state index < -0.39 is 0 Å². The summed E-state index contributed by atoms with van der Waals surface area (Å²) in [6.45, 7) is 0. The van der Waals surface area contributed by atoms with Gasteiger partial charge >= 0.3 is 0 Å². The third-order valence-corrected chi connectivity index (χ3v) is 4.60. The quantitative estimate of drug-likeness (QED) is 0.722. The van der Waals surface area contributed by atoms with Crippen LogP contribution in [0.1, 0.15) is 19.3 Å². The maximum Gasteiger partial charge on any atom is 0.145 e. The van der Waals surface area contributed by atoms with Crippen molar-refractivity contribution in [3.63, 3.8) is 0 Å². The van der Waals surface area contributed by atoms with Crippen LogP contribution in [0.2, 0.25) is 5.02 Å². The molecule has 0 amide bonds. The van der Waals surface area contributed by atoms with Gasteiger partial charge in [0.1, 0.15) is 28.7 Å². The number of anilines is 2. The minimum Gasteiger partial charge on any atom is -0.506 e. The predicted molar refractivity (Wildman–Crippen MR) is 94.2 cm³/mol. The van der Waals surface area contributed by atoms with E-state index >= 15 is 0 Å².